The lowest BCUT2D eigenvalue weighted by atomic mass is 9.99. The highest BCUT2D eigenvalue weighted by atomic mass is 19.4. The third-order valence-electron chi connectivity index (χ3n) is 5.34. The van der Waals surface area contributed by atoms with Crippen LogP contribution in [0.15, 0.2) is 82.6 Å². The van der Waals surface area contributed by atoms with E-state index in [9.17, 15) is 18.0 Å². The maximum absolute atomic E-state index is 13.3. The van der Waals surface area contributed by atoms with Crippen LogP contribution in [0.2, 0.25) is 0 Å². The SMILES string of the molecule is CC1=C(C(=O)Nc2cccc(C(F)(F)F)c2)[C@H](c2ccco2)n2c(nc3ccccc32)N1. The minimum absolute atomic E-state index is 0.0459. The van der Waals surface area contributed by atoms with Gasteiger partial charge in [0.1, 0.15) is 11.8 Å². The van der Waals surface area contributed by atoms with Crippen molar-refractivity contribution in [3.8, 4) is 0 Å². The normalized spacial score (nSPS) is 16.1. The highest BCUT2D eigenvalue weighted by Crippen LogP contribution is 2.40. The fourth-order valence-electron chi connectivity index (χ4n) is 3.95. The zero-order valence-electron chi connectivity index (χ0n) is 16.8. The van der Waals surface area contributed by atoms with Crippen molar-refractivity contribution in [1.29, 1.82) is 0 Å². The molecule has 0 saturated heterocycles. The third-order valence-corrected chi connectivity index (χ3v) is 5.34. The van der Waals surface area contributed by atoms with Gasteiger partial charge in [-0.1, -0.05) is 18.2 Å². The van der Waals surface area contributed by atoms with E-state index in [1.54, 1.807) is 19.1 Å². The number of hydrogen-bond acceptors (Lipinski definition) is 4. The first-order valence-electron chi connectivity index (χ1n) is 9.79. The molecule has 1 amide bonds. The summed E-state index contributed by atoms with van der Waals surface area (Å²) in [6, 6.07) is 14.8. The molecule has 1 aliphatic heterocycles. The third kappa shape index (κ3) is 3.31. The number of nitrogens with one attached hydrogen (secondary N) is 2. The number of hydrogen-bond donors (Lipinski definition) is 2. The molecular weight excluding hydrogens is 421 g/mol. The number of imidazole rings is 1. The highest BCUT2D eigenvalue weighted by Gasteiger charge is 2.36. The quantitative estimate of drug-likeness (QED) is 0.438. The minimum atomic E-state index is -4.51. The van der Waals surface area contributed by atoms with Crippen LogP contribution in [-0.4, -0.2) is 15.5 Å². The van der Waals surface area contributed by atoms with Crippen molar-refractivity contribution in [3.05, 3.63) is 89.5 Å². The van der Waals surface area contributed by atoms with Crippen LogP contribution in [0.25, 0.3) is 11.0 Å². The van der Waals surface area contributed by atoms with Gasteiger partial charge in [0.2, 0.25) is 5.95 Å². The number of allylic oxidation sites excluding steroid dienone is 1. The lowest BCUT2D eigenvalue weighted by Gasteiger charge is -2.29. The molecule has 0 aliphatic carbocycles. The van der Waals surface area contributed by atoms with Gasteiger partial charge in [-0.15, -0.1) is 0 Å². The molecule has 5 rings (SSSR count). The Hall–Kier alpha value is -4.01. The van der Waals surface area contributed by atoms with Crippen molar-refractivity contribution >= 4 is 28.6 Å². The van der Waals surface area contributed by atoms with E-state index in [0.29, 0.717) is 23.0 Å². The molecule has 162 valence electrons. The molecule has 0 unspecified atom stereocenters. The van der Waals surface area contributed by atoms with Crippen molar-refractivity contribution in [2.75, 3.05) is 10.6 Å². The Morgan fingerprint density at radius 2 is 1.94 bits per heavy atom. The number of furan rings is 1. The first-order valence-corrected chi connectivity index (χ1v) is 9.79. The molecule has 0 radical (unpaired) electrons. The van der Waals surface area contributed by atoms with Gasteiger partial charge < -0.3 is 15.1 Å². The number of carbonyl (C=O) groups excluding carboxylic acids is 1. The van der Waals surface area contributed by atoms with Gasteiger partial charge >= 0.3 is 6.18 Å². The number of para-hydroxylation sites is 2. The summed E-state index contributed by atoms with van der Waals surface area (Å²) in [4.78, 5) is 17.9. The largest absolute Gasteiger partial charge is 0.467 e. The van der Waals surface area contributed by atoms with Crippen molar-refractivity contribution < 1.29 is 22.4 Å². The van der Waals surface area contributed by atoms with E-state index in [1.165, 1.54) is 18.4 Å². The molecule has 3 heterocycles. The van der Waals surface area contributed by atoms with E-state index in [4.69, 9.17) is 4.42 Å². The molecule has 1 atom stereocenters. The number of aromatic nitrogens is 2. The van der Waals surface area contributed by atoms with Gasteiger partial charge in [0.05, 0.1) is 28.4 Å². The second kappa shape index (κ2) is 7.30. The number of benzene rings is 2. The molecule has 0 spiro atoms. The van der Waals surface area contributed by atoms with Crippen LogP contribution >= 0.6 is 0 Å². The van der Waals surface area contributed by atoms with Crippen LogP contribution in [0.3, 0.4) is 0 Å². The first kappa shape index (κ1) is 19.9. The lowest BCUT2D eigenvalue weighted by Crippen LogP contribution is -2.30. The summed E-state index contributed by atoms with van der Waals surface area (Å²) in [6.07, 6.45) is -3.00. The summed E-state index contributed by atoms with van der Waals surface area (Å²) in [5, 5.41) is 5.75. The smallest absolute Gasteiger partial charge is 0.416 e. The molecule has 0 fully saturated rings. The van der Waals surface area contributed by atoms with Gasteiger partial charge in [0.15, 0.2) is 0 Å². The summed E-state index contributed by atoms with van der Waals surface area (Å²) in [6.45, 7) is 1.72. The van der Waals surface area contributed by atoms with Crippen molar-refractivity contribution in [3.63, 3.8) is 0 Å². The van der Waals surface area contributed by atoms with Gasteiger partial charge in [-0.05, 0) is 49.4 Å². The Morgan fingerprint density at radius 1 is 1.12 bits per heavy atom. The standard InChI is InChI=1S/C23H17F3N4O2/c1-13-19(21(31)28-15-7-4-6-14(12-15)23(24,25)26)20(18-10-5-11-32-18)30-17-9-3-2-8-16(17)29-22(30)27-13/h2-12,20H,1H3,(H,27,29)(H,28,31)/t20-/m0/s1. The van der Waals surface area contributed by atoms with Crippen LogP contribution in [0.4, 0.5) is 24.8 Å². The average molecular weight is 438 g/mol. The van der Waals surface area contributed by atoms with Crippen LogP contribution in [0, 0.1) is 0 Å². The maximum Gasteiger partial charge on any atom is 0.416 e. The molecule has 6 nitrogen and oxygen atoms in total. The van der Waals surface area contributed by atoms with Crippen LogP contribution in [0.1, 0.15) is 24.3 Å². The molecule has 0 bridgehead atoms. The molecule has 2 aromatic carbocycles. The fraction of sp³-hybridized carbons (Fsp3) is 0.130. The number of rotatable bonds is 3. The first-order chi connectivity index (χ1) is 15.3. The second-order valence-electron chi connectivity index (χ2n) is 7.41. The van der Waals surface area contributed by atoms with Gasteiger partial charge in [-0.2, -0.15) is 13.2 Å². The Morgan fingerprint density at radius 3 is 2.69 bits per heavy atom. The van der Waals surface area contributed by atoms with Crippen LogP contribution in [0.5, 0.6) is 0 Å². The highest BCUT2D eigenvalue weighted by molar-refractivity contribution is 6.06. The van der Waals surface area contributed by atoms with Crippen LogP contribution < -0.4 is 10.6 Å². The summed E-state index contributed by atoms with van der Waals surface area (Å²) < 4.78 is 46.8. The Labute approximate surface area is 180 Å². The van der Waals surface area contributed by atoms with E-state index < -0.39 is 23.7 Å². The molecule has 32 heavy (non-hydrogen) atoms. The molecule has 0 saturated carbocycles. The predicted octanol–water partition coefficient (Wildman–Crippen LogP) is 5.58. The molecule has 4 aromatic rings. The van der Waals surface area contributed by atoms with Gasteiger partial charge in [-0.25, -0.2) is 4.98 Å². The number of anilines is 2. The van der Waals surface area contributed by atoms with Gasteiger partial charge in [-0.3, -0.25) is 9.36 Å². The Kier molecular flexibility index (Phi) is 4.54. The maximum atomic E-state index is 13.3. The minimum Gasteiger partial charge on any atom is -0.467 e. The van der Waals surface area contributed by atoms with E-state index in [2.05, 4.69) is 15.6 Å². The van der Waals surface area contributed by atoms with E-state index >= 15 is 0 Å². The fourth-order valence-corrected chi connectivity index (χ4v) is 3.95. The molecule has 2 N–H and O–H groups in total. The summed E-state index contributed by atoms with van der Waals surface area (Å²) in [5.41, 5.74) is 1.57. The van der Waals surface area contributed by atoms with Crippen molar-refractivity contribution in [2.24, 2.45) is 0 Å². The topological polar surface area (TPSA) is 72.1 Å². The van der Waals surface area contributed by atoms with E-state index in [1.807, 2.05) is 28.8 Å². The summed E-state index contributed by atoms with van der Waals surface area (Å²) >= 11 is 0. The predicted molar refractivity (Wildman–Crippen MR) is 113 cm³/mol. The van der Waals surface area contributed by atoms with E-state index in [0.717, 1.165) is 23.2 Å². The number of carbonyl (C=O) groups is 1. The number of halogens is 3. The zero-order chi connectivity index (χ0) is 22.5. The lowest BCUT2D eigenvalue weighted by molar-refractivity contribution is -0.137. The second-order valence-corrected chi connectivity index (χ2v) is 7.41. The molecule has 9 heteroatoms. The number of nitrogens with zero attached hydrogens (tertiary/aromatic N) is 2. The van der Waals surface area contributed by atoms with Crippen LogP contribution in [-0.2, 0) is 11.0 Å². The number of amides is 1. The Balaban J connectivity index is 1.59. The number of alkyl halides is 3. The Bertz CT molecular complexity index is 1350. The van der Waals surface area contributed by atoms with Gasteiger partial charge in [0, 0.05) is 11.4 Å². The monoisotopic (exact) mass is 438 g/mol. The summed E-state index contributed by atoms with van der Waals surface area (Å²) in [5.74, 6) is 0.504. The number of fused-ring (bicyclic) bond motifs is 3. The van der Waals surface area contributed by atoms with E-state index in [-0.39, 0.29) is 5.69 Å². The summed E-state index contributed by atoms with van der Waals surface area (Å²) in [7, 11) is 0. The van der Waals surface area contributed by atoms with Crippen molar-refractivity contribution in [2.45, 2.75) is 19.1 Å². The molecule has 2 aromatic heterocycles. The average Bonchev–Trinajstić information content (AvgIpc) is 3.40. The molecule has 1 aliphatic rings. The molecular formula is C23H17F3N4O2. The zero-order valence-corrected chi connectivity index (χ0v) is 16.8. The van der Waals surface area contributed by atoms with Crippen molar-refractivity contribution in [1.82, 2.24) is 9.55 Å². The van der Waals surface area contributed by atoms with Gasteiger partial charge in [0.25, 0.3) is 5.91 Å².